The number of carbonyl (C=O) groups excluding carboxylic acids is 1. The lowest BCUT2D eigenvalue weighted by Crippen LogP contribution is -2.28. The first-order valence-electron chi connectivity index (χ1n) is 7.88. The summed E-state index contributed by atoms with van der Waals surface area (Å²) in [6.45, 7) is 6.36. The monoisotopic (exact) mass is 283 g/mol. The van der Waals surface area contributed by atoms with Crippen LogP contribution in [0.25, 0.3) is 10.8 Å². The third-order valence-corrected chi connectivity index (χ3v) is 3.98. The lowest BCUT2D eigenvalue weighted by Gasteiger charge is -2.18. The van der Waals surface area contributed by atoms with Crippen LogP contribution in [0.15, 0.2) is 42.5 Å². The molecule has 0 spiro atoms. The summed E-state index contributed by atoms with van der Waals surface area (Å²) in [6.07, 6.45) is 2.85. The number of nitrogens with one attached hydrogen (secondary N) is 1. The van der Waals surface area contributed by atoms with Gasteiger partial charge in [-0.2, -0.15) is 0 Å². The van der Waals surface area contributed by atoms with Crippen LogP contribution in [-0.2, 0) is 4.79 Å². The maximum absolute atomic E-state index is 12.1. The molecule has 2 atom stereocenters. The van der Waals surface area contributed by atoms with Gasteiger partial charge in [-0.25, -0.2) is 0 Å². The number of carbonyl (C=O) groups is 1. The average molecular weight is 283 g/mol. The first-order valence-corrected chi connectivity index (χ1v) is 7.88. The number of benzene rings is 2. The molecule has 0 radical (unpaired) electrons. The Morgan fingerprint density at radius 2 is 1.81 bits per heavy atom. The van der Waals surface area contributed by atoms with E-state index >= 15 is 0 Å². The molecule has 0 aliphatic rings. The van der Waals surface area contributed by atoms with Crippen molar-refractivity contribution in [3.63, 3.8) is 0 Å². The third-order valence-electron chi connectivity index (χ3n) is 3.98. The highest BCUT2D eigenvalue weighted by molar-refractivity contribution is 5.86. The van der Waals surface area contributed by atoms with Crippen molar-refractivity contribution in [2.75, 3.05) is 0 Å². The molecule has 2 rings (SSSR count). The largest absolute Gasteiger partial charge is 0.350 e. The van der Waals surface area contributed by atoms with Crippen LogP contribution in [0.1, 0.15) is 51.6 Å². The lowest BCUT2D eigenvalue weighted by atomic mass is 9.98. The van der Waals surface area contributed by atoms with E-state index in [1.54, 1.807) is 0 Å². The molecular weight excluding hydrogens is 258 g/mol. The predicted octanol–water partition coefficient (Wildman–Crippen LogP) is 4.84. The Morgan fingerprint density at radius 1 is 1.10 bits per heavy atom. The van der Waals surface area contributed by atoms with Crippen molar-refractivity contribution in [2.45, 2.75) is 46.1 Å². The van der Waals surface area contributed by atoms with E-state index in [0.29, 0.717) is 12.3 Å². The van der Waals surface area contributed by atoms with Crippen LogP contribution < -0.4 is 5.32 Å². The van der Waals surface area contributed by atoms with Gasteiger partial charge in [-0.15, -0.1) is 0 Å². The summed E-state index contributed by atoms with van der Waals surface area (Å²) in [5, 5.41) is 5.57. The molecule has 0 saturated carbocycles. The Hall–Kier alpha value is -1.83. The normalized spacial score (nSPS) is 13.9. The molecule has 1 N–H and O–H groups in total. The molecule has 0 saturated heterocycles. The van der Waals surface area contributed by atoms with Crippen LogP contribution in [0.3, 0.4) is 0 Å². The molecule has 112 valence electrons. The zero-order chi connectivity index (χ0) is 15.2. The van der Waals surface area contributed by atoms with Gasteiger partial charge in [0.05, 0.1) is 6.04 Å². The van der Waals surface area contributed by atoms with Crippen LogP contribution in [0.2, 0.25) is 0 Å². The molecule has 0 aliphatic heterocycles. The van der Waals surface area contributed by atoms with Gasteiger partial charge >= 0.3 is 0 Å². The van der Waals surface area contributed by atoms with Gasteiger partial charge in [0.25, 0.3) is 0 Å². The van der Waals surface area contributed by atoms with Crippen LogP contribution >= 0.6 is 0 Å². The number of rotatable bonds is 6. The van der Waals surface area contributed by atoms with Crippen molar-refractivity contribution in [3.8, 4) is 0 Å². The lowest BCUT2D eigenvalue weighted by molar-refractivity contribution is -0.122. The summed E-state index contributed by atoms with van der Waals surface area (Å²) in [5.74, 6) is 0.603. The number of amides is 1. The number of fused-ring (bicyclic) bond motifs is 1. The second-order valence-electron chi connectivity index (χ2n) is 5.96. The van der Waals surface area contributed by atoms with Crippen molar-refractivity contribution in [3.05, 3.63) is 48.0 Å². The highest BCUT2D eigenvalue weighted by Crippen LogP contribution is 2.24. The van der Waals surface area contributed by atoms with E-state index in [-0.39, 0.29) is 11.9 Å². The van der Waals surface area contributed by atoms with Crippen LogP contribution in [0.5, 0.6) is 0 Å². The molecule has 0 aromatic heterocycles. The van der Waals surface area contributed by atoms with E-state index in [1.165, 1.54) is 16.3 Å². The Labute approximate surface area is 127 Å². The maximum Gasteiger partial charge on any atom is 0.220 e. The van der Waals surface area contributed by atoms with Crippen molar-refractivity contribution in [1.82, 2.24) is 5.32 Å². The average Bonchev–Trinajstić information content (AvgIpc) is 2.46. The van der Waals surface area contributed by atoms with E-state index in [1.807, 2.05) is 12.1 Å². The minimum Gasteiger partial charge on any atom is -0.350 e. The molecular formula is C19H25NO. The van der Waals surface area contributed by atoms with Crippen LogP contribution in [-0.4, -0.2) is 5.91 Å². The van der Waals surface area contributed by atoms with Gasteiger partial charge < -0.3 is 5.32 Å². The van der Waals surface area contributed by atoms with Gasteiger partial charge in [0.2, 0.25) is 5.91 Å². The maximum atomic E-state index is 12.1. The van der Waals surface area contributed by atoms with Crippen molar-refractivity contribution >= 4 is 16.7 Å². The Bertz CT molecular complexity index is 600. The topological polar surface area (TPSA) is 29.1 Å². The van der Waals surface area contributed by atoms with Crippen LogP contribution in [0, 0.1) is 5.92 Å². The number of hydrogen-bond donors (Lipinski definition) is 1. The first kappa shape index (κ1) is 15.6. The molecule has 2 nitrogen and oxygen atoms in total. The molecule has 0 fully saturated rings. The fourth-order valence-corrected chi connectivity index (χ4v) is 2.92. The zero-order valence-electron chi connectivity index (χ0n) is 13.2. The van der Waals surface area contributed by atoms with Crippen molar-refractivity contribution in [2.24, 2.45) is 5.92 Å². The molecule has 21 heavy (non-hydrogen) atoms. The van der Waals surface area contributed by atoms with Crippen molar-refractivity contribution < 1.29 is 4.79 Å². The molecule has 0 heterocycles. The second-order valence-corrected chi connectivity index (χ2v) is 5.96. The summed E-state index contributed by atoms with van der Waals surface area (Å²) in [4.78, 5) is 12.1. The summed E-state index contributed by atoms with van der Waals surface area (Å²) in [5.41, 5.74) is 1.18. The van der Waals surface area contributed by atoms with Gasteiger partial charge in [0.1, 0.15) is 0 Å². The summed E-state index contributed by atoms with van der Waals surface area (Å²) in [6, 6.07) is 14.6. The fourth-order valence-electron chi connectivity index (χ4n) is 2.92. The van der Waals surface area contributed by atoms with Gasteiger partial charge in [-0.1, -0.05) is 69.2 Å². The van der Waals surface area contributed by atoms with E-state index in [2.05, 4.69) is 56.4 Å². The Balaban J connectivity index is 2.08. The highest BCUT2D eigenvalue weighted by atomic mass is 16.1. The van der Waals surface area contributed by atoms with Gasteiger partial charge in [-0.3, -0.25) is 4.79 Å². The molecule has 2 heteroatoms. The van der Waals surface area contributed by atoms with Crippen molar-refractivity contribution in [1.29, 1.82) is 0 Å². The molecule has 2 unspecified atom stereocenters. The Morgan fingerprint density at radius 3 is 2.57 bits per heavy atom. The summed E-state index contributed by atoms with van der Waals surface area (Å²) >= 11 is 0. The zero-order valence-corrected chi connectivity index (χ0v) is 13.2. The molecule has 1 amide bonds. The molecule has 0 bridgehead atoms. The predicted molar refractivity (Wildman–Crippen MR) is 89.2 cm³/mol. The van der Waals surface area contributed by atoms with Crippen LogP contribution in [0.4, 0.5) is 0 Å². The minimum absolute atomic E-state index is 0.0393. The summed E-state index contributed by atoms with van der Waals surface area (Å²) in [7, 11) is 0. The first-order chi connectivity index (χ1) is 10.1. The van der Waals surface area contributed by atoms with E-state index in [4.69, 9.17) is 0 Å². The van der Waals surface area contributed by atoms with E-state index in [0.717, 1.165) is 12.8 Å². The summed E-state index contributed by atoms with van der Waals surface area (Å²) < 4.78 is 0. The standard InChI is InChI=1S/C19H25NO/c1-4-8-14(2)13-19(21)20-15(3)17-12-7-10-16-9-5-6-11-18(16)17/h5-7,9-12,14-15H,4,8,13H2,1-3H3,(H,20,21). The van der Waals surface area contributed by atoms with Gasteiger partial charge in [0, 0.05) is 6.42 Å². The van der Waals surface area contributed by atoms with Gasteiger partial charge in [-0.05, 0) is 29.2 Å². The smallest absolute Gasteiger partial charge is 0.220 e. The molecule has 2 aromatic carbocycles. The third kappa shape index (κ3) is 4.07. The van der Waals surface area contributed by atoms with E-state index < -0.39 is 0 Å². The molecule has 0 aliphatic carbocycles. The second kappa shape index (κ2) is 7.26. The minimum atomic E-state index is 0.0393. The quantitative estimate of drug-likeness (QED) is 0.807. The highest BCUT2D eigenvalue weighted by Gasteiger charge is 2.14. The SMILES string of the molecule is CCCC(C)CC(=O)NC(C)c1cccc2ccccc12. The fraction of sp³-hybridized carbons (Fsp3) is 0.421. The van der Waals surface area contributed by atoms with E-state index in [9.17, 15) is 4.79 Å². The number of hydrogen-bond acceptors (Lipinski definition) is 1. The molecule has 2 aromatic rings. The van der Waals surface area contributed by atoms with Gasteiger partial charge in [0.15, 0.2) is 0 Å². The Kier molecular flexibility index (Phi) is 5.38.